The average Bonchev–Trinajstić information content (AvgIpc) is 2.24. The molecule has 1 heteroatoms. The molecule has 1 aromatic rings. The number of nitrogens with two attached hydrogens (primary N) is 1. The van der Waals surface area contributed by atoms with Crippen LogP contribution in [0.4, 0.5) is 0 Å². The number of benzene rings is 1. The zero-order chi connectivity index (χ0) is 10.8. The molecule has 0 saturated heterocycles. The van der Waals surface area contributed by atoms with Crippen molar-refractivity contribution in [3.63, 3.8) is 0 Å². The normalized spacial score (nSPS) is 9.14. The molecule has 0 unspecified atom stereocenters. The lowest BCUT2D eigenvalue weighted by Gasteiger charge is -2.03. The summed E-state index contributed by atoms with van der Waals surface area (Å²) in [6.07, 6.45) is 5.25. The first-order valence-corrected chi connectivity index (χ1v) is 5.47. The van der Waals surface area contributed by atoms with Crippen molar-refractivity contribution in [1.82, 2.24) is 0 Å². The maximum atomic E-state index is 4.50. The van der Waals surface area contributed by atoms with Crippen molar-refractivity contribution in [2.24, 2.45) is 5.73 Å². The Morgan fingerprint density at radius 1 is 1.07 bits per heavy atom. The maximum absolute atomic E-state index is 4.50. The van der Waals surface area contributed by atoms with Gasteiger partial charge in [0.25, 0.3) is 0 Å². The topological polar surface area (TPSA) is 26.0 Å². The van der Waals surface area contributed by atoms with Gasteiger partial charge < -0.3 is 5.73 Å². The van der Waals surface area contributed by atoms with Crippen LogP contribution in [0.5, 0.6) is 0 Å². The molecule has 2 N–H and O–H groups in total. The minimum atomic E-state index is 1.25. The molecule has 80 valence electrons. The van der Waals surface area contributed by atoms with Crippen molar-refractivity contribution in [1.29, 1.82) is 0 Å². The summed E-state index contributed by atoms with van der Waals surface area (Å²) in [4.78, 5) is 0. The van der Waals surface area contributed by atoms with E-state index < -0.39 is 0 Å². The molecule has 0 saturated carbocycles. The number of hydrogen-bond acceptors (Lipinski definition) is 1. The second-order valence-corrected chi connectivity index (χ2v) is 3.38. The summed E-state index contributed by atoms with van der Waals surface area (Å²) in [5, 5.41) is 0. The van der Waals surface area contributed by atoms with Crippen molar-refractivity contribution in [3.8, 4) is 0 Å². The smallest absolute Gasteiger partial charge is 0.0195 e. The van der Waals surface area contributed by atoms with E-state index in [1.54, 1.807) is 0 Å². The van der Waals surface area contributed by atoms with Crippen LogP contribution in [0.3, 0.4) is 0 Å². The van der Waals surface area contributed by atoms with Crippen LogP contribution in [0.1, 0.15) is 37.3 Å². The van der Waals surface area contributed by atoms with E-state index in [0.717, 1.165) is 0 Å². The van der Waals surface area contributed by atoms with Gasteiger partial charge in [-0.05, 0) is 37.9 Å². The number of hydrogen-bond donors (Lipinski definition) is 1. The van der Waals surface area contributed by atoms with Crippen LogP contribution in [-0.4, -0.2) is 7.05 Å². The fraction of sp³-hybridized carbons (Fsp3) is 0.538. The molecule has 0 spiro atoms. The first kappa shape index (κ1) is 13.2. The minimum Gasteiger partial charge on any atom is -0.333 e. The lowest BCUT2D eigenvalue weighted by Crippen LogP contribution is -1.88. The monoisotopic (exact) mass is 193 g/mol. The summed E-state index contributed by atoms with van der Waals surface area (Å²) in [5.41, 5.74) is 7.46. The highest BCUT2D eigenvalue weighted by atomic mass is 14.4. The molecule has 1 nitrogen and oxygen atoms in total. The van der Waals surface area contributed by atoms with Gasteiger partial charge in [-0.1, -0.05) is 44.0 Å². The summed E-state index contributed by atoms with van der Waals surface area (Å²) in [5.74, 6) is 0. The van der Waals surface area contributed by atoms with Gasteiger partial charge in [-0.15, -0.1) is 0 Å². The van der Waals surface area contributed by atoms with E-state index >= 15 is 0 Å². The molecule has 0 aromatic heterocycles. The maximum Gasteiger partial charge on any atom is -0.0195 e. The third kappa shape index (κ3) is 5.03. The largest absolute Gasteiger partial charge is 0.333 e. The SMILES string of the molecule is CCCCCc1ccccc1C.CN. The predicted octanol–water partition coefficient (Wildman–Crippen LogP) is 3.30. The first-order valence-electron chi connectivity index (χ1n) is 5.47. The molecule has 0 heterocycles. The number of rotatable bonds is 4. The van der Waals surface area contributed by atoms with E-state index in [2.05, 4.69) is 43.8 Å². The van der Waals surface area contributed by atoms with E-state index in [1.165, 1.54) is 43.9 Å². The van der Waals surface area contributed by atoms with Crippen molar-refractivity contribution >= 4 is 0 Å². The standard InChI is InChI=1S/C12H18.CH5N/c1-3-4-5-9-12-10-7-6-8-11(12)2;1-2/h6-8,10H,3-5,9H2,1-2H3;2H2,1H3. The van der Waals surface area contributed by atoms with Crippen LogP contribution in [0.25, 0.3) is 0 Å². The molecule has 0 fully saturated rings. The Bertz CT molecular complexity index is 230. The van der Waals surface area contributed by atoms with Gasteiger partial charge in [0.1, 0.15) is 0 Å². The third-order valence-corrected chi connectivity index (χ3v) is 2.31. The van der Waals surface area contributed by atoms with Gasteiger partial charge in [0, 0.05) is 0 Å². The van der Waals surface area contributed by atoms with Gasteiger partial charge in [0.15, 0.2) is 0 Å². The summed E-state index contributed by atoms with van der Waals surface area (Å²) in [7, 11) is 1.50. The number of unbranched alkanes of at least 4 members (excludes halogenated alkanes) is 2. The molecule has 1 rings (SSSR count). The molecular weight excluding hydrogens is 170 g/mol. The lowest BCUT2D eigenvalue weighted by molar-refractivity contribution is 0.715. The Hall–Kier alpha value is -0.820. The summed E-state index contributed by atoms with van der Waals surface area (Å²) in [6, 6.07) is 8.68. The quantitative estimate of drug-likeness (QED) is 0.729. The van der Waals surface area contributed by atoms with E-state index in [-0.39, 0.29) is 0 Å². The van der Waals surface area contributed by atoms with Gasteiger partial charge in [-0.2, -0.15) is 0 Å². The van der Waals surface area contributed by atoms with E-state index in [0.29, 0.717) is 0 Å². The highest BCUT2D eigenvalue weighted by Crippen LogP contribution is 2.10. The van der Waals surface area contributed by atoms with E-state index in [9.17, 15) is 0 Å². The molecule has 0 radical (unpaired) electrons. The van der Waals surface area contributed by atoms with E-state index in [4.69, 9.17) is 0 Å². The zero-order valence-electron chi connectivity index (χ0n) is 9.72. The Kier molecular flexibility index (Phi) is 8.25. The van der Waals surface area contributed by atoms with Crippen molar-refractivity contribution < 1.29 is 0 Å². The van der Waals surface area contributed by atoms with Crippen molar-refractivity contribution in [2.75, 3.05) is 7.05 Å². The molecule has 0 aliphatic rings. The van der Waals surface area contributed by atoms with Gasteiger partial charge in [0.05, 0.1) is 0 Å². The van der Waals surface area contributed by atoms with Gasteiger partial charge in [0.2, 0.25) is 0 Å². The highest BCUT2D eigenvalue weighted by molar-refractivity contribution is 5.25. The van der Waals surface area contributed by atoms with Crippen LogP contribution in [-0.2, 0) is 6.42 Å². The lowest BCUT2D eigenvalue weighted by atomic mass is 10.0. The Balaban J connectivity index is 0.000000791. The predicted molar refractivity (Wildman–Crippen MR) is 64.5 cm³/mol. The highest BCUT2D eigenvalue weighted by Gasteiger charge is 1.95. The molecular formula is C13H23N. The second kappa shape index (κ2) is 8.76. The van der Waals surface area contributed by atoms with Crippen LogP contribution < -0.4 is 5.73 Å². The minimum absolute atomic E-state index is 1.25. The van der Waals surface area contributed by atoms with Gasteiger partial charge in [-0.3, -0.25) is 0 Å². The summed E-state index contributed by atoms with van der Waals surface area (Å²) in [6.45, 7) is 4.44. The molecule has 0 aliphatic carbocycles. The first-order chi connectivity index (χ1) is 6.84. The average molecular weight is 193 g/mol. The van der Waals surface area contributed by atoms with Crippen LogP contribution in [0.2, 0.25) is 0 Å². The van der Waals surface area contributed by atoms with Crippen molar-refractivity contribution in [3.05, 3.63) is 35.4 Å². The van der Waals surface area contributed by atoms with Gasteiger partial charge >= 0.3 is 0 Å². The molecule has 0 atom stereocenters. The Morgan fingerprint density at radius 3 is 2.29 bits per heavy atom. The van der Waals surface area contributed by atoms with Gasteiger partial charge in [-0.25, -0.2) is 0 Å². The summed E-state index contributed by atoms with van der Waals surface area (Å²) >= 11 is 0. The fourth-order valence-electron chi connectivity index (χ4n) is 1.46. The molecule has 14 heavy (non-hydrogen) atoms. The second-order valence-electron chi connectivity index (χ2n) is 3.38. The van der Waals surface area contributed by atoms with Crippen LogP contribution in [0.15, 0.2) is 24.3 Å². The third-order valence-electron chi connectivity index (χ3n) is 2.31. The molecule has 0 bridgehead atoms. The Morgan fingerprint density at radius 2 is 1.71 bits per heavy atom. The molecule has 1 aromatic carbocycles. The number of aryl methyl sites for hydroxylation is 2. The van der Waals surface area contributed by atoms with Crippen LogP contribution >= 0.6 is 0 Å². The Labute approximate surface area is 88.3 Å². The zero-order valence-corrected chi connectivity index (χ0v) is 9.72. The fourth-order valence-corrected chi connectivity index (χ4v) is 1.46. The molecule has 0 amide bonds. The van der Waals surface area contributed by atoms with Crippen LogP contribution in [0, 0.1) is 6.92 Å². The van der Waals surface area contributed by atoms with Crippen molar-refractivity contribution in [2.45, 2.75) is 39.5 Å². The summed E-state index contributed by atoms with van der Waals surface area (Å²) < 4.78 is 0. The van der Waals surface area contributed by atoms with E-state index in [1.807, 2.05) is 0 Å². The molecule has 0 aliphatic heterocycles.